The van der Waals surface area contributed by atoms with Crippen molar-refractivity contribution >= 4 is 21.6 Å². The van der Waals surface area contributed by atoms with E-state index in [0.717, 1.165) is 5.56 Å². The first-order chi connectivity index (χ1) is 14.8. The molecule has 2 aromatic rings. The van der Waals surface area contributed by atoms with Crippen LogP contribution in [0.5, 0.6) is 11.5 Å². The third-order valence-electron chi connectivity index (χ3n) is 5.15. The Balaban J connectivity index is 1.67. The van der Waals surface area contributed by atoms with Crippen molar-refractivity contribution in [3.63, 3.8) is 0 Å². The molecule has 168 valence electrons. The van der Waals surface area contributed by atoms with E-state index < -0.39 is 10.0 Å². The van der Waals surface area contributed by atoms with Crippen LogP contribution < -0.4 is 14.8 Å². The van der Waals surface area contributed by atoms with Crippen LogP contribution in [0.15, 0.2) is 41.3 Å². The van der Waals surface area contributed by atoms with Gasteiger partial charge < -0.3 is 19.5 Å². The van der Waals surface area contributed by atoms with E-state index >= 15 is 0 Å². The maximum Gasteiger partial charge on any atom is 0.243 e. The molecule has 0 spiro atoms. The summed E-state index contributed by atoms with van der Waals surface area (Å²) >= 11 is 0. The second-order valence-corrected chi connectivity index (χ2v) is 9.14. The number of sulfonamides is 1. The minimum atomic E-state index is -3.64. The molecule has 1 amide bonds. The molecule has 0 bridgehead atoms. The van der Waals surface area contributed by atoms with Crippen molar-refractivity contribution in [2.24, 2.45) is 0 Å². The molecule has 1 heterocycles. The molecule has 1 aliphatic heterocycles. The fourth-order valence-electron chi connectivity index (χ4n) is 3.40. The van der Waals surface area contributed by atoms with Gasteiger partial charge in [-0.05, 0) is 48.7 Å². The number of carbonyl (C=O) groups is 1. The number of morpholine rings is 1. The monoisotopic (exact) mass is 448 g/mol. The van der Waals surface area contributed by atoms with Crippen molar-refractivity contribution in [3.05, 3.63) is 47.5 Å². The lowest BCUT2D eigenvalue weighted by Gasteiger charge is -2.26. The maximum absolute atomic E-state index is 13.0. The van der Waals surface area contributed by atoms with Crippen LogP contribution in [-0.4, -0.2) is 59.2 Å². The Morgan fingerprint density at radius 2 is 1.77 bits per heavy atom. The molecular formula is C22H28N2O6S. The molecule has 8 nitrogen and oxygen atoms in total. The lowest BCUT2D eigenvalue weighted by molar-refractivity contribution is -0.116. The van der Waals surface area contributed by atoms with Gasteiger partial charge in [0.25, 0.3) is 0 Å². The zero-order valence-corrected chi connectivity index (χ0v) is 18.8. The molecule has 1 saturated heterocycles. The second kappa shape index (κ2) is 10.1. The highest BCUT2D eigenvalue weighted by Crippen LogP contribution is 2.28. The summed E-state index contributed by atoms with van der Waals surface area (Å²) in [4.78, 5) is 12.7. The molecule has 31 heavy (non-hydrogen) atoms. The Labute approximate surface area is 183 Å². The molecule has 0 aliphatic carbocycles. The van der Waals surface area contributed by atoms with Crippen molar-refractivity contribution in [2.45, 2.75) is 24.7 Å². The largest absolute Gasteiger partial charge is 0.493 e. The van der Waals surface area contributed by atoms with Crippen LogP contribution >= 0.6 is 0 Å². The van der Waals surface area contributed by atoms with Crippen molar-refractivity contribution in [3.8, 4) is 11.5 Å². The predicted molar refractivity (Wildman–Crippen MR) is 117 cm³/mol. The van der Waals surface area contributed by atoms with Crippen LogP contribution in [0.1, 0.15) is 17.5 Å². The average Bonchev–Trinajstić information content (AvgIpc) is 2.79. The highest BCUT2D eigenvalue weighted by atomic mass is 32.2. The summed E-state index contributed by atoms with van der Waals surface area (Å²) in [6, 6.07) is 10.5. The number of hydrogen-bond acceptors (Lipinski definition) is 6. The molecule has 1 aliphatic rings. The van der Waals surface area contributed by atoms with Gasteiger partial charge in [0.2, 0.25) is 15.9 Å². The number of nitrogens with one attached hydrogen (secondary N) is 1. The van der Waals surface area contributed by atoms with E-state index in [0.29, 0.717) is 55.5 Å². The predicted octanol–water partition coefficient (Wildman–Crippen LogP) is 2.60. The van der Waals surface area contributed by atoms with Gasteiger partial charge in [-0.15, -0.1) is 0 Å². The summed E-state index contributed by atoms with van der Waals surface area (Å²) in [5, 5.41) is 2.80. The molecule has 9 heteroatoms. The van der Waals surface area contributed by atoms with Gasteiger partial charge >= 0.3 is 0 Å². The number of hydrogen-bond donors (Lipinski definition) is 1. The Bertz CT molecular complexity index is 1030. The third-order valence-corrected chi connectivity index (χ3v) is 7.19. The molecule has 2 aromatic carbocycles. The lowest BCUT2D eigenvalue weighted by Crippen LogP contribution is -2.40. The fraction of sp³-hybridized carbons (Fsp3) is 0.409. The highest BCUT2D eigenvalue weighted by molar-refractivity contribution is 7.89. The number of ether oxygens (including phenoxy) is 3. The van der Waals surface area contributed by atoms with E-state index in [9.17, 15) is 13.2 Å². The minimum Gasteiger partial charge on any atom is -0.493 e. The first kappa shape index (κ1) is 23.1. The molecule has 0 aromatic heterocycles. The number of rotatable bonds is 8. The number of carbonyl (C=O) groups excluding carboxylic acids is 1. The molecule has 0 unspecified atom stereocenters. The van der Waals surface area contributed by atoms with Gasteiger partial charge in [0.05, 0.1) is 32.3 Å². The van der Waals surface area contributed by atoms with Gasteiger partial charge in [0.15, 0.2) is 11.5 Å². The fourth-order valence-corrected chi connectivity index (χ4v) is 5.06. The number of methoxy groups -OCH3 is 2. The van der Waals surface area contributed by atoms with Gasteiger partial charge in [-0.25, -0.2) is 8.42 Å². The Kier molecular flexibility index (Phi) is 7.53. The maximum atomic E-state index is 13.0. The quantitative estimate of drug-likeness (QED) is 0.667. The summed E-state index contributed by atoms with van der Waals surface area (Å²) in [5.41, 5.74) is 2.02. The van der Waals surface area contributed by atoms with Crippen molar-refractivity contribution < 1.29 is 27.4 Å². The Morgan fingerprint density at radius 1 is 1.06 bits per heavy atom. The molecule has 1 fully saturated rings. The number of amides is 1. The summed E-state index contributed by atoms with van der Waals surface area (Å²) in [7, 11) is -0.511. The number of aryl methyl sites for hydroxylation is 2. The van der Waals surface area contributed by atoms with Crippen LogP contribution in [-0.2, 0) is 26.0 Å². The normalized spacial score (nSPS) is 14.8. The molecule has 1 N–H and O–H groups in total. The molecule has 3 rings (SSSR count). The van der Waals surface area contributed by atoms with Gasteiger partial charge in [-0.1, -0.05) is 12.1 Å². The smallest absolute Gasteiger partial charge is 0.243 e. The van der Waals surface area contributed by atoms with Gasteiger partial charge in [-0.3, -0.25) is 4.79 Å². The minimum absolute atomic E-state index is 0.201. The molecule has 0 atom stereocenters. The first-order valence-corrected chi connectivity index (χ1v) is 11.5. The van der Waals surface area contributed by atoms with Crippen molar-refractivity contribution in [1.29, 1.82) is 0 Å². The zero-order valence-electron chi connectivity index (χ0n) is 18.0. The SMILES string of the molecule is COc1ccc(CCC(=O)Nc2ccc(C)c(S(=O)(=O)N3CCOCC3)c2)cc1OC. The van der Waals surface area contributed by atoms with E-state index in [-0.39, 0.29) is 17.2 Å². The lowest BCUT2D eigenvalue weighted by atomic mass is 10.1. The number of anilines is 1. The van der Waals surface area contributed by atoms with Crippen LogP contribution in [0, 0.1) is 6.92 Å². The van der Waals surface area contributed by atoms with Crippen molar-refractivity contribution in [1.82, 2.24) is 4.31 Å². The van der Waals surface area contributed by atoms with E-state index in [1.165, 1.54) is 10.4 Å². The van der Waals surface area contributed by atoms with Gasteiger partial charge in [0.1, 0.15) is 0 Å². The third kappa shape index (κ3) is 5.55. The van der Waals surface area contributed by atoms with E-state index in [2.05, 4.69) is 5.32 Å². The summed E-state index contributed by atoms with van der Waals surface area (Å²) in [6.07, 6.45) is 0.756. The Hall–Kier alpha value is -2.62. The molecular weight excluding hydrogens is 420 g/mol. The zero-order chi connectivity index (χ0) is 22.4. The molecule has 0 radical (unpaired) electrons. The van der Waals surface area contributed by atoms with Crippen LogP contribution in [0.4, 0.5) is 5.69 Å². The van der Waals surface area contributed by atoms with Gasteiger partial charge in [-0.2, -0.15) is 4.31 Å². The van der Waals surface area contributed by atoms with Crippen molar-refractivity contribution in [2.75, 3.05) is 45.8 Å². The number of nitrogens with zero attached hydrogens (tertiary/aromatic N) is 1. The topological polar surface area (TPSA) is 94.2 Å². The van der Waals surface area contributed by atoms with E-state index in [4.69, 9.17) is 14.2 Å². The number of benzene rings is 2. The standard InChI is InChI=1S/C22H28N2O6S/c1-16-4-7-18(15-21(16)31(26,27)24-10-12-30-13-11-24)23-22(25)9-6-17-5-8-19(28-2)20(14-17)29-3/h4-5,7-8,14-15H,6,9-13H2,1-3H3,(H,23,25). The Morgan fingerprint density at radius 3 is 2.45 bits per heavy atom. The summed E-state index contributed by atoms with van der Waals surface area (Å²) < 4.78 is 43.2. The molecule has 0 saturated carbocycles. The van der Waals surface area contributed by atoms with Gasteiger partial charge in [0, 0.05) is 25.2 Å². The van der Waals surface area contributed by atoms with Crippen LogP contribution in [0.3, 0.4) is 0 Å². The van der Waals surface area contributed by atoms with Crippen LogP contribution in [0.25, 0.3) is 0 Å². The first-order valence-electron chi connectivity index (χ1n) is 10.0. The van der Waals surface area contributed by atoms with E-state index in [1.807, 2.05) is 12.1 Å². The van der Waals surface area contributed by atoms with E-state index in [1.54, 1.807) is 39.3 Å². The average molecular weight is 449 g/mol. The second-order valence-electron chi connectivity index (χ2n) is 7.23. The summed E-state index contributed by atoms with van der Waals surface area (Å²) in [6.45, 7) is 3.15. The highest BCUT2D eigenvalue weighted by Gasteiger charge is 2.28. The van der Waals surface area contributed by atoms with Crippen LogP contribution in [0.2, 0.25) is 0 Å². The summed E-state index contributed by atoms with van der Waals surface area (Å²) in [5.74, 6) is 1.04.